The first kappa shape index (κ1) is 11.4. The van der Waals surface area contributed by atoms with Crippen molar-refractivity contribution >= 4 is 11.8 Å². The molecule has 80 valence electrons. The molecule has 0 saturated heterocycles. The van der Waals surface area contributed by atoms with Gasteiger partial charge in [0.25, 0.3) is 0 Å². The third-order valence-electron chi connectivity index (χ3n) is 2.05. The van der Waals surface area contributed by atoms with E-state index < -0.39 is 5.97 Å². The monoisotopic (exact) mass is 206 g/mol. The van der Waals surface area contributed by atoms with Crippen molar-refractivity contribution in [3.05, 3.63) is 35.4 Å². The first-order valence-corrected chi connectivity index (χ1v) is 4.88. The van der Waals surface area contributed by atoms with E-state index in [-0.39, 0.29) is 17.3 Å². The Kier molecular flexibility index (Phi) is 3.61. The summed E-state index contributed by atoms with van der Waals surface area (Å²) in [5.41, 5.74) is 0.391. The van der Waals surface area contributed by atoms with E-state index in [1.165, 1.54) is 6.07 Å². The molecule has 3 heteroatoms. The third-order valence-corrected chi connectivity index (χ3v) is 2.05. The number of Topliss-reactive ketones (excluding diaryl/α,β-unsaturated/α-hetero) is 1. The van der Waals surface area contributed by atoms with Crippen molar-refractivity contribution in [3.8, 4) is 0 Å². The molecule has 0 radical (unpaired) electrons. The van der Waals surface area contributed by atoms with Gasteiger partial charge < -0.3 is 5.11 Å². The van der Waals surface area contributed by atoms with Gasteiger partial charge in [-0.1, -0.05) is 32.0 Å². The summed E-state index contributed by atoms with van der Waals surface area (Å²) < 4.78 is 0. The molecule has 1 rings (SSSR count). The average molecular weight is 206 g/mol. The van der Waals surface area contributed by atoms with E-state index >= 15 is 0 Å². The minimum absolute atomic E-state index is 0.0863. The van der Waals surface area contributed by atoms with Crippen molar-refractivity contribution in [1.82, 2.24) is 0 Å². The highest BCUT2D eigenvalue weighted by molar-refractivity contribution is 6.05. The van der Waals surface area contributed by atoms with Gasteiger partial charge in [-0.25, -0.2) is 4.79 Å². The highest BCUT2D eigenvalue weighted by atomic mass is 16.4. The molecule has 1 N–H and O–H groups in total. The lowest BCUT2D eigenvalue weighted by Gasteiger charge is -2.06. The van der Waals surface area contributed by atoms with E-state index in [0.29, 0.717) is 12.0 Å². The molecule has 0 fully saturated rings. The second-order valence-corrected chi connectivity index (χ2v) is 3.87. The van der Waals surface area contributed by atoms with Gasteiger partial charge in [0, 0.05) is 12.0 Å². The highest BCUT2D eigenvalue weighted by Gasteiger charge is 2.16. The van der Waals surface area contributed by atoms with Gasteiger partial charge >= 0.3 is 5.97 Å². The second kappa shape index (κ2) is 4.73. The number of carbonyl (C=O) groups excluding carboxylic acids is 1. The Balaban J connectivity index is 3.03. The number of hydrogen-bond acceptors (Lipinski definition) is 2. The van der Waals surface area contributed by atoms with Crippen LogP contribution < -0.4 is 0 Å². The standard InChI is InChI=1S/C12H14O3/c1-8(2)7-11(13)9-5-3-4-6-10(9)12(14)15/h3-6,8H,7H2,1-2H3,(H,14,15). The molecular formula is C12H14O3. The molecule has 0 heterocycles. The van der Waals surface area contributed by atoms with Crippen LogP contribution in [0.3, 0.4) is 0 Å². The smallest absolute Gasteiger partial charge is 0.336 e. The van der Waals surface area contributed by atoms with Gasteiger partial charge in [0.1, 0.15) is 0 Å². The molecule has 1 aromatic carbocycles. The summed E-state index contributed by atoms with van der Waals surface area (Å²) in [4.78, 5) is 22.6. The minimum atomic E-state index is -1.05. The maximum Gasteiger partial charge on any atom is 0.336 e. The van der Waals surface area contributed by atoms with Crippen LogP contribution in [0, 0.1) is 5.92 Å². The van der Waals surface area contributed by atoms with Crippen LogP contribution in [0.1, 0.15) is 41.0 Å². The number of ketones is 1. The lowest BCUT2D eigenvalue weighted by atomic mass is 9.97. The van der Waals surface area contributed by atoms with E-state index in [1.54, 1.807) is 18.2 Å². The molecule has 0 aliphatic rings. The van der Waals surface area contributed by atoms with Crippen LogP contribution in [0.15, 0.2) is 24.3 Å². The number of benzene rings is 1. The van der Waals surface area contributed by atoms with E-state index in [1.807, 2.05) is 13.8 Å². The Labute approximate surface area is 88.7 Å². The van der Waals surface area contributed by atoms with E-state index in [2.05, 4.69) is 0 Å². The van der Waals surface area contributed by atoms with Crippen LogP contribution in [-0.4, -0.2) is 16.9 Å². The van der Waals surface area contributed by atoms with Gasteiger partial charge in [-0.15, -0.1) is 0 Å². The van der Waals surface area contributed by atoms with Crippen LogP contribution in [-0.2, 0) is 0 Å². The van der Waals surface area contributed by atoms with Crippen LogP contribution in [0.4, 0.5) is 0 Å². The first-order valence-electron chi connectivity index (χ1n) is 4.88. The average Bonchev–Trinajstić information content (AvgIpc) is 2.16. The zero-order valence-electron chi connectivity index (χ0n) is 8.86. The van der Waals surface area contributed by atoms with Gasteiger partial charge in [-0.2, -0.15) is 0 Å². The molecule has 0 spiro atoms. The molecular weight excluding hydrogens is 192 g/mol. The van der Waals surface area contributed by atoms with Crippen molar-refractivity contribution < 1.29 is 14.7 Å². The van der Waals surface area contributed by atoms with Crippen LogP contribution >= 0.6 is 0 Å². The van der Waals surface area contributed by atoms with Crippen molar-refractivity contribution in [2.24, 2.45) is 5.92 Å². The minimum Gasteiger partial charge on any atom is -0.478 e. The lowest BCUT2D eigenvalue weighted by molar-refractivity contribution is 0.0691. The third kappa shape index (κ3) is 2.91. The number of carbonyl (C=O) groups is 2. The van der Waals surface area contributed by atoms with E-state index in [4.69, 9.17) is 5.11 Å². The van der Waals surface area contributed by atoms with Gasteiger partial charge in [0.2, 0.25) is 0 Å². The summed E-state index contributed by atoms with van der Waals surface area (Å²) >= 11 is 0. The SMILES string of the molecule is CC(C)CC(=O)c1ccccc1C(=O)O. The lowest BCUT2D eigenvalue weighted by Crippen LogP contribution is -2.10. The normalized spacial score (nSPS) is 10.3. The summed E-state index contributed by atoms with van der Waals surface area (Å²) in [5.74, 6) is -0.926. The van der Waals surface area contributed by atoms with Crippen molar-refractivity contribution in [3.63, 3.8) is 0 Å². The number of rotatable bonds is 4. The zero-order valence-corrected chi connectivity index (χ0v) is 8.86. The fourth-order valence-electron chi connectivity index (χ4n) is 1.39. The van der Waals surface area contributed by atoms with Crippen LogP contribution in [0.5, 0.6) is 0 Å². The van der Waals surface area contributed by atoms with Crippen LogP contribution in [0.25, 0.3) is 0 Å². The molecule has 15 heavy (non-hydrogen) atoms. The molecule has 0 aliphatic heterocycles. The van der Waals surface area contributed by atoms with E-state index in [0.717, 1.165) is 0 Å². The molecule has 0 atom stereocenters. The number of carboxylic acid groups (broad SMARTS) is 1. The Hall–Kier alpha value is -1.64. The fraction of sp³-hybridized carbons (Fsp3) is 0.333. The number of hydrogen-bond donors (Lipinski definition) is 1. The van der Waals surface area contributed by atoms with Crippen LogP contribution in [0.2, 0.25) is 0 Å². The van der Waals surface area contributed by atoms with Crippen molar-refractivity contribution in [1.29, 1.82) is 0 Å². The van der Waals surface area contributed by atoms with Gasteiger partial charge in [-0.3, -0.25) is 4.79 Å². The first-order chi connectivity index (χ1) is 7.02. The molecule has 1 aromatic rings. The Morgan fingerprint density at radius 3 is 2.20 bits per heavy atom. The van der Waals surface area contributed by atoms with Gasteiger partial charge in [0.05, 0.1) is 5.56 Å². The summed E-state index contributed by atoms with van der Waals surface area (Å²) in [6, 6.07) is 6.32. The molecule has 0 bridgehead atoms. The summed E-state index contributed by atoms with van der Waals surface area (Å²) in [7, 11) is 0. The largest absolute Gasteiger partial charge is 0.478 e. The van der Waals surface area contributed by atoms with E-state index in [9.17, 15) is 9.59 Å². The van der Waals surface area contributed by atoms with Crippen molar-refractivity contribution in [2.45, 2.75) is 20.3 Å². The summed E-state index contributed by atoms with van der Waals surface area (Å²) in [5, 5.41) is 8.90. The molecule has 3 nitrogen and oxygen atoms in total. The predicted molar refractivity (Wildman–Crippen MR) is 57.2 cm³/mol. The predicted octanol–water partition coefficient (Wildman–Crippen LogP) is 2.61. The molecule has 0 saturated carbocycles. The maximum atomic E-state index is 11.7. The Morgan fingerprint density at radius 1 is 1.20 bits per heavy atom. The maximum absolute atomic E-state index is 11.7. The van der Waals surface area contributed by atoms with Gasteiger partial charge in [0.15, 0.2) is 5.78 Å². The second-order valence-electron chi connectivity index (χ2n) is 3.87. The molecule has 0 aromatic heterocycles. The molecule has 0 unspecified atom stereocenters. The Bertz CT molecular complexity index is 380. The quantitative estimate of drug-likeness (QED) is 0.770. The topological polar surface area (TPSA) is 54.4 Å². The molecule has 0 amide bonds. The number of aromatic carboxylic acids is 1. The van der Waals surface area contributed by atoms with Gasteiger partial charge in [-0.05, 0) is 12.0 Å². The number of carboxylic acids is 1. The van der Waals surface area contributed by atoms with Crippen molar-refractivity contribution in [2.75, 3.05) is 0 Å². The highest BCUT2D eigenvalue weighted by Crippen LogP contribution is 2.14. The fourth-order valence-corrected chi connectivity index (χ4v) is 1.39. The zero-order chi connectivity index (χ0) is 11.4. The summed E-state index contributed by atoms with van der Waals surface area (Å²) in [6.07, 6.45) is 0.379. The molecule has 0 aliphatic carbocycles. The Morgan fingerprint density at radius 2 is 1.73 bits per heavy atom. The summed E-state index contributed by atoms with van der Waals surface area (Å²) in [6.45, 7) is 3.86.